The number of β-amino-alcohol motifs (C(OH)–C–C–N with tert-alkyl or cyclic N) is 1. The maximum atomic E-state index is 12.5. The first-order valence-corrected chi connectivity index (χ1v) is 7.90. The highest BCUT2D eigenvalue weighted by Crippen LogP contribution is 2.27. The topological polar surface area (TPSA) is 98.2 Å². The number of nitrogens with zero attached hydrogens (tertiary/aromatic N) is 2. The summed E-state index contributed by atoms with van der Waals surface area (Å²) in [6, 6.07) is -1.16. The zero-order valence-corrected chi connectivity index (χ0v) is 11.7. The SMILES string of the molecule is CC1CCCN(S(=O)(=O)N2CC(O)C[C@@H]2C(=O)O)C1. The lowest BCUT2D eigenvalue weighted by atomic mass is 10.0. The predicted molar refractivity (Wildman–Crippen MR) is 67.6 cm³/mol. The van der Waals surface area contributed by atoms with E-state index in [0.717, 1.165) is 17.1 Å². The standard InChI is InChI=1S/C11H20N2O5S/c1-8-3-2-4-12(6-8)19(17,18)13-7-9(14)5-10(13)11(15)16/h8-10,14H,2-7H2,1H3,(H,15,16)/t8?,9?,10-/m1/s1. The Labute approximate surface area is 113 Å². The Kier molecular flexibility index (Phi) is 4.14. The van der Waals surface area contributed by atoms with Crippen LogP contribution in [-0.4, -0.2) is 65.0 Å². The van der Waals surface area contributed by atoms with E-state index in [1.54, 1.807) is 0 Å². The summed E-state index contributed by atoms with van der Waals surface area (Å²) >= 11 is 0. The van der Waals surface area contributed by atoms with Gasteiger partial charge < -0.3 is 10.2 Å². The summed E-state index contributed by atoms with van der Waals surface area (Å²) in [5.74, 6) is -0.926. The summed E-state index contributed by atoms with van der Waals surface area (Å²) in [5.41, 5.74) is 0. The van der Waals surface area contributed by atoms with Crippen molar-refractivity contribution >= 4 is 16.2 Å². The largest absolute Gasteiger partial charge is 0.480 e. The lowest BCUT2D eigenvalue weighted by Gasteiger charge is -2.34. The van der Waals surface area contributed by atoms with Crippen molar-refractivity contribution in [3.63, 3.8) is 0 Å². The Morgan fingerprint density at radius 2 is 2.00 bits per heavy atom. The van der Waals surface area contributed by atoms with Crippen LogP contribution in [0.15, 0.2) is 0 Å². The van der Waals surface area contributed by atoms with Crippen LogP contribution in [0.1, 0.15) is 26.2 Å². The third-order valence-electron chi connectivity index (χ3n) is 3.76. The third-order valence-corrected chi connectivity index (χ3v) is 5.74. The van der Waals surface area contributed by atoms with Crippen LogP contribution < -0.4 is 0 Å². The minimum atomic E-state index is -3.80. The van der Waals surface area contributed by atoms with Crippen LogP contribution in [0.4, 0.5) is 0 Å². The molecule has 2 rings (SSSR count). The molecular weight excluding hydrogens is 272 g/mol. The number of piperidine rings is 1. The average Bonchev–Trinajstić information content (AvgIpc) is 2.72. The van der Waals surface area contributed by atoms with Crippen molar-refractivity contribution in [2.45, 2.75) is 38.3 Å². The fourth-order valence-electron chi connectivity index (χ4n) is 2.77. The molecule has 7 nitrogen and oxygen atoms in total. The van der Waals surface area contributed by atoms with Crippen LogP contribution in [-0.2, 0) is 15.0 Å². The van der Waals surface area contributed by atoms with Gasteiger partial charge in [-0.25, -0.2) is 0 Å². The molecule has 0 spiro atoms. The smallest absolute Gasteiger partial charge is 0.322 e. The quantitative estimate of drug-likeness (QED) is 0.729. The van der Waals surface area contributed by atoms with Gasteiger partial charge in [-0.3, -0.25) is 4.79 Å². The summed E-state index contributed by atoms with van der Waals surface area (Å²) in [6.45, 7) is 2.69. The summed E-state index contributed by atoms with van der Waals surface area (Å²) in [5, 5.41) is 18.6. The van der Waals surface area contributed by atoms with Crippen LogP contribution in [0.2, 0.25) is 0 Å². The van der Waals surface area contributed by atoms with E-state index in [4.69, 9.17) is 5.11 Å². The minimum Gasteiger partial charge on any atom is -0.480 e. The van der Waals surface area contributed by atoms with Gasteiger partial charge in [-0.05, 0) is 18.8 Å². The monoisotopic (exact) mass is 292 g/mol. The number of carboxylic acid groups (broad SMARTS) is 1. The highest BCUT2D eigenvalue weighted by atomic mass is 32.2. The summed E-state index contributed by atoms with van der Waals surface area (Å²) in [6.07, 6.45) is 0.821. The Morgan fingerprint density at radius 1 is 1.32 bits per heavy atom. The molecule has 0 aromatic rings. The normalized spacial score (nSPS) is 34.5. The van der Waals surface area contributed by atoms with Gasteiger partial charge >= 0.3 is 5.97 Å². The minimum absolute atomic E-state index is 0.0437. The number of carboxylic acids is 1. The zero-order valence-electron chi connectivity index (χ0n) is 10.9. The molecule has 8 heteroatoms. The number of rotatable bonds is 3. The average molecular weight is 292 g/mol. The van der Waals surface area contributed by atoms with E-state index < -0.39 is 28.3 Å². The maximum absolute atomic E-state index is 12.5. The predicted octanol–water partition coefficient (Wildman–Crippen LogP) is -0.517. The number of aliphatic carboxylic acids is 1. The third kappa shape index (κ3) is 2.91. The first-order valence-electron chi connectivity index (χ1n) is 6.50. The molecule has 0 aliphatic carbocycles. The molecule has 0 amide bonds. The number of aliphatic hydroxyl groups excluding tert-OH is 1. The fraction of sp³-hybridized carbons (Fsp3) is 0.909. The summed E-state index contributed by atoms with van der Waals surface area (Å²) in [4.78, 5) is 11.1. The van der Waals surface area contributed by atoms with E-state index in [9.17, 15) is 18.3 Å². The molecule has 110 valence electrons. The van der Waals surface area contributed by atoms with Gasteiger partial charge in [0.2, 0.25) is 0 Å². The van der Waals surface area contributed by atoms with Crippen molar-refractivity contribution in [1.82, 2.24) is 8.61 Å². The van der Waals surface area contributed by atoms with Crippen molar-refractivity contribution in [3.8, 4) is 0 Å². The highest BCUT2D eigenvalue weighted by Gasteiger charge is 2.45. The first kappa shape index (κ1) is 14.7. The van der Waals surface area contributed by atoms with E-state index >= 15 is 0 Å². The molecule has 19 heavy (non-hydrogen) atoms. The molecule has 2 aliphatic rings. The molecule has 2 aliphatic heterocycles. The Bertz CT molecular complexity index is 452. The molecule has 0 bridgehead atoms. The van der Waals surface area contributed by atoms with E-state index in [1.807, 2.05) is 6.92 Å². The van der Waals surface area contributed by atoms with Crippen molar-refractivity contribution < 1.29 is 23.4 Å². The highest BCUT2D eigenvalue weighted by molar-refractivity contribution is 7.86. The van der Waals surface area contributed by atoms with Gasteiger partial charge in [-0.1, -0.05) is 6.92 Å². The molecule has 2 unspecified atom stereocenters. The van der Waals surface area contributed by atoms with Crippen LogP contribution in [0.25, 0.3) is 0 Å². The van der Waals surface area contributed by atoms with Crippen molar-refractivity contribution in [3.05, 3.63) is 0 Å². The summed E-state index contributed by atoms with van der Waals surface area (Å²) in [7, 11) is -3.80. The Hall–Kier alpha value is -0.700. The second kappa shape index (κ2) is 5.35. The molecule has 2 saturated heterocycles. The Morgan fingerprint density at radius 3 is 2.58 bits per heavy atom. The lowest BCUT2D eigenvalue weighted by Crippen LogP contribution is -2.51. The lowest BCUT2D eigenvalue weighted by molar-refractivity contribution is -0.140. The van der Waals surface area contributed by atoms with Gasteiger partial charge in [0, 0.05) is 26.1 Å². The Balaban J connectivity index is 2.20. The molecule has 3 atom stereocenters. The second-order valence-electron chi connectivity index (χ2n) is 5.43. The van der Waals surface area contributed by atoms with Gasteiger partial charge in [-0.2, -0.15) is 17.0 Å². The zero-order chi connectivity index (χ0) is 14.2. The van der Waals surface area contributed by atoms with E-state index in [0.29, 0.717) is 13.1 Å². The van der Waals surface area contributed by atoms with E-state index in [1.165, 1.54) is 4.31 Å². The van der Waals surface area contributed by atoms with Gasteiger partial charge in [0.15, 0.2) is 0 Å². The van der Waals surface area contributed by atoms with Gasteiger partial charge in [0.25, 0.3) is 10.2 Å². The number of carbonyl (C=O) groups is 1. The number of hydrogen-bond donors (Lipinski definition) is 2. The molecule has 0 saturated carbocycles. The number of aliphatic hydroxyl groups is 1. The summed E-state index contributed by atoms with van der Waals surface area (Å²) < 4.78 is 27.2. The van der Waals surface area contributed by atoms with E-state index in [-0.39, 0.29) is 18.9 Å². The molecule has 2 fully saturated rings. The number of hydrogen-bond acceptors (Lipinski definition) is 4. The van der Waals surface area contributed by atoms with Crippen LogP contribution in [0.3, 0.4) is 0 Å². The van der Waals surface area contributed by atoms with Gasteiger partial charge in [0.05, 0.1) is 6.10 Å². The van der Waals surface area contributed by atoms with Crippen LogP contribution >= 0.6 is 0 Å². The first-order chi connectivity index (χ1) is 8.82. The van der Waals surface area contributed by atoms with Gasteiger partial charge in [-0.15, -0.1) is 0 Å². The fourth-order valence-corrected chi connectivity index (χ4v) is 4.73. The molecule has 0 aromatic carbocycles. The molecule has 0 radical (unpaired) electrons. The maximum Gasteiger partial charge on any atom is 0.322 e. The molecule has 2 N–H and O–H groups in total. The van der Waals surface area contributed by atoms with Crippen LogP contribution in [0, 0.1) is 5.92 Å². The molecule has 2 heterocycles. The van der Waals surface area contributed by atoms with E-state index in [2.05, 4.69) is 0 Å². The van der Waals surface area contributed by atoms with Crippen molar-refractivity contribution in [1.29, 1.82) is 0 Å². The molecular formula is C11H20N2O5S. The van der Waals surface area contributed by atoms with Crippen molar-refractivity contribution in [2.24, 2.45) is 5.92 Å². The molecule has 0 aromatic heterocycles. The van der Waals surface area contributed by atoms with Gasteiger partial charge in [0.1, 0.15) is 6.04 Å². The van der Waals surface area contributed by atoms with Crippen LogP contribution in [0.5, 0.6) is 0 Å². The van der Waals surface area contributed by atoms with Crippen molar-refractivity contribution in [2.75, 3.05) is 19.6 Å². The second-order valence-corrected chi connectivity index (χ2v) is 7.31.